The van der Waals surface area contributed by atoms with E-state index in [0.717, 1.165) is 48.7 Å². The van der Waals surface area contributed by atoms with E-state index in [0.29, 0.717) is 11.5 Å². The van der Waals surface area contributed by atoms with E-state index in [1.807, 2.05) is 25.1 Å². The van der Waals surface area contributed by atoms with Crippen LogP contribution in [0.1, 0.15) is 19.4 Å². The van der Waals surface area contributed by atoms with Crippen molar-refractivity contribution < 1.29 is 8.42 Å². The molecule has 5 aromatic rings. The van der Waals surface area contributed by atoms with Gasteiger partial charge in [0.05, 0.1) is 10.6 Å². The Hall–Kier alpha value is -4.21. The normalized spacial score (nSPS) is 11.7. The molecular weight excluding hydrogens is 520 g/mol. The van der Waals surface area contributed by atoms with E-state index < -0.39 is 10.0 Å². The fourth-order valence-corrected chi connectivity index (χ4v) is 5.69. The van der Waals surface area contributed by atoms with Gasteiger partial charge in [-0.25, -0.2) is 18.4 Å². The van der Waals surface area contributed by atoms with Crippen LogP contribution < -0.4 is 10.0 Å². The summed E-state index contributed by atoms with van der Waals surface area (Å²) in [6.45, 7) is 10.4. The van der Waals surface area contributed by atoms with Crippen LogP contribution in [0, 0.1) is 6.92 Å². The van der Waals surface area contributed by atoms with Gasteiger partial charge in [0.15, 0.2) is 0 Å². The third-order valence-corrected chi connectivity index (χ3v) is 8.42. The van der Waals surface area contributed by atoms with Gasteiger partial charge < -0.3 is 14.8 Å². The van der Waals surface area contributed by atoms with Gasteiger partial charge in [-0.1, -0.05) is 37.6 Å². The molecule has 0 radical (unpaired) electrons. The molecule has 3 aromatic carbocycles. The number of benzene rings is 3. The number of aryl methyl sites for hydroxylation is 1. The Morgan fingerprint density at radius 3 is 2.30 bits per heavy atom. The largest absolute Gasteiger partial charge is 0.346 e. The Balaban J connectivity index is 1.27. The minimum Gasteiger partial charge on any atom is -0.346 e. The number of nitrogens with one attached hydrogen (secondary N) is 2. The maximum absolute atomic E-state index is 12.7. The van der Waals surface area contributed by atoms with Crippen molar-refractivity contribution >= 4 is 38.1 Å². The molecule has 8 nitrogen and oxygen atoms in total. The summed E-state index contributed by atoms with van der Waals surface area (Å²) in [5.41, 5.74) is 5.30. The van der Waals surface area contributed by atoms with Crippen LogP contribution in [0.3, 0.4) is 0 Å². The molecular formula is C31H34N6O2S. The number of hydrogen-bond donors (Lipinski definition) is 2. The number of likely N-dealkylation sites (N-methyl/N-ethyl adjacent to an activating group) is 1. The fraction of sp³-hybridized carbons (Fsp3) is 0.226. The predicted molar refractivity (Wildman–Crippen MR) is 162 cm³/mol. The van der Waals surface area contributed by atoms with E-state index in [9.17, 15) is 8.42 Å². The van der Waals surface area contributed by atoms with Gasteiger partial charge in [0, 0.05) is 53.2 Å². The van der Waals surface area contributed by atoms with Crippen molar-refractivity contribution in [3.8, 4) is 11.3 Å². The molecule has 0 bridgehead atoms. The minimum atomic E-state index is -3.66. The number of sulfonamides is 1. The van der Waals surface area contributed by atoms with E-state index in [-0.39, 0.29) is 4.90 Å². The third-order valence-electron chi connectivity index (χ3n) is 7.03. The first kappa shape index (κ1) is 27.4. The average Bonchev–Trinajstić information content (AvgIpc) is 3.37. The van der Waals surface area contributed by atoms with E-state index >= 15 is 0 Å². The number of rotatable bonds is 11. The van der Waals surface area contributed by atoms with Crippen molar-refractivity contribution in [2.75, 3.05) is 29.7 Å². The molecule has 0 aliphatic carbocycles. The summed E-state index contributed by atoms with van der Waals surface area (Å²) in [5.74, 6) is 0.648. The summed E-state index contributed by atoms with van der Waals surface area (Å²) >= 11 is 0. The van der Waals surface area contributed by atoms with Gasteiger partial charge in [-0.15, -0.1) is 0 Å². The lowest BCUT2D eigenvalue weighted by molar-refractivity contribution is 0.292. The molecule has 40 heavy (non-hydrogen) atoms. The molecule has 0 atom stereocenters. The van der Waals surface area contributed by atoms with Gasteiger partial charge >= 0.3 is 0 Å². The first-order valence-electron chi connectivity index (χ1n) is 13.4. The molecule has 5 rings (SSSR count). The monoisotopic (exact) mass is 554 g/mol. The van der Waals surface area contributed by atoms with Crippen LogP contribution in [0.15, 0.2) is 96.3 Å². The first-order valence-corrected chi connectivity index (χ1v) is 14.9. The van der Waals surface area contributed by atoms with Crippen molar-refractivity contribution in [1.29, 1.82) is 0 Å². The highest BCUT2D eigenvalue weighted by atomic mass is 32.2. The summed E-state index contributed by atoms with van der Waals surface area (Å²) in [7, 11) is -3.66. The third kappa shape index (κ3) is 6.32. The summed E-state index contributed by atoms with van der Waals surface area (Å²) in [6.07, 6.45) is 3.69. The van der Waals surface area contributed by atoms with Gasteiger partial charge in [0.1, 0.15) is 12.1 Å². The zero-order valence-corrected chi connectivity index (χ0v) is 23.8. The van der Waals surface area contributed by atoms with E-state index in [1.54, 1.807) is 42.7 Å². The van der Waals surface area contributed by atoms with Crippen LogP contribution >= 0.6 is 0 Å². The van der Waals surface area contributed by atoms with Crippen molar-refractivity contribution in [1.82, 2.24) is 19.4 Å². The minimum absolute atomic E-state index is 0.225. The number of nitrogens with zero attached hydrogens (tertiary/aromatic N) is 4. The van der Waals surface area contributed by atoms with E-state index in [2.05, 4.69) is 73.8 Å². The Labute approximate surface area is 235 Å². The smallest absolute Gasteiger partial charge is 0.261 e. The molecule has 206 valence electrons. The second-order valence-electron chi connectivity index (χ2n) is 9.72. The van der Waals surface area contributed by atoms with E-state index in [4.69, 9.17) is 0 Å². The summed E-state index contributed by atoms with van der Waals surface area (Å²) in [5, 5.41) is 4.46. The zero-order valence-electron chi connectivity index (χ0n) is 23.0. The molecule has 0 saturated carbocycles. The molecule has 0 saturated heterocycles. The van der Waals surface area contributed by atoms with Gasteiger partial charge in [-0.2, -0.15) is 0 Å². The maximum atomic E-state index is 12.7. The maximum Gasteiger partial charge on any atom is 0.261 e. The van der Waals surface area contributed by atoms with Crippen molar-refractivity contribution in [3.05, 3.63) is 97.0 Å². The Morgan fingerprint density at radius 1 is 0.850 bits per heavy atom. The molecule has 0 amide bonds. The number of fused-ring (bicyclic) bond motifs is 1. The standard InChI is InChI=1S/C31H34N6O2S/c1-4-36(5-2)18-19-37-17-16-25-20-24(8-15-30(25)37)29-21-31(33-22-32-29)34-26-9-11-27(12-10-26)35-40(38,39)28-13-6-23(3)7-14-28/h6-17,20-22,35H,4-5,18-19H2,1-3H3,(H,32,33,34). The summed E-state index contributed by atoms with van der Waals surface area (Å²) in [4.78, 5) is 11.5. The lowest BCUT2D eigenvalue weighted by atomic mass is 10.1. The van der Waals surface area contributed by atoms with Gasteiger partial charge in [0.2, 0.25) is 0 Å². The second-order valence-corrected chi connectivity index (χ2v) is 11.4. The SMILES string of the molecule is CCN(CC)CCn1ccc2cc(-c3cc(Nc4ccc(NS(=O)(=O)c5ccc(C)cc5)cc4)ncn3)ccc21. The van der Waals surface area contributed by atoms with Crippen LogP contribution in [0.2, 0.25) is 0 Å². The van der Waals surface area contributed by atoms with Crippen molar-refractivity contribution in [2.45, 2.75) is 32.2 Å². The molecule has 2 heterocycles. The topological polar surface area (TPSA) is 92.2 Å². The summed E-state index contributed by atoms with van der Waals surface area (Å²) < 4.78 is 30.3. The Bertz CT molecular complexity index is 1690. The average molecular weight is 555 g/mol. The molecule has 2 aromatic heterocycles. The fourth-order valence-electron chi connectivity index (χ4n) is 4.63. The number of hydrogen-bond acceptors (Lipinski definition) is 6. The van der Waals surface area contributed by atoms with Crippen molar-refractivity contribution in [2.24, 2.45) is 0 Å². The lowest BCUT2D eigenvalue weighted by Gasteiger charge is -2.18. The Kier molecular flexibility index (Phi) is 8.14. The molecule has 9 heteroatoms. The lowest BCUT2D eigenvalue weighted by Crippen LogP contribution is -2.26. The van der Waals surface area contributed by atoms with Crippen LogP contribution in [-0.2, 0) is 16.6 Å². The predicted octanol–water partition coefficient (Wildman–Crippen LogP) is 6.29. The van der Waals surface area contributed by atoms with E-state index in [1.165, 1.54) is 10.9 Å². The zero-order chi connectivity index (χ0) is 28.1. The van der Waals surface area contributed by atoms with Crippen LogP contribution in [0.4, 0.5) is 17.2 Å². The van der Waals surface area contributed by atoms with Crippen LogP contribution in [0.25, 0.3) is 22.2 Å². The highest BCUT2D eigenvalue weighted by Crippen LogP contribution is 2.26. The Morgan fingerprint density at radius 2 is 1.57 bits per heavy atom. The van der Waals surface area contributed by atoms with Gasteiger partial charge in [-0.05, 0) is 74.6 Å². The first-order chi connectivity index (χ1) is 19.3. The van der Waals surface area contributed by atoms with Crippen LogP contribution in [-0.4, -0.2) is 47.5 Å². The van der Waals surface area contributed by atoms with Crippen molar-refractivity contribution in [3.63, 3.8) is 0 Å². The molecule has 2 N–H and O–H groups in total. The molecule has 0 fully saturated rings. The molecule has 0 unspecified atom stereocenters. The number of aromatic nitrogens is 3. The molecule has 0 spiro atoms. The van der Waals surface area contributed by atoms with Gasteiger partial charge in [-0.3, -0.25) is 4.72 Å². The van der Waals surface area contributed by atoms with Gasteiger partial charge in [0.25, 0.3) is 10.0 Å². The second kappa shape index (κ2) is 11.9. The summed E-state index contributed by atoms with van der Waals surface area (Å²) in [6, 6.07) is 24.3. The van der Waals surface area contributed by atoms with Crippen LogP contribution in [0.5, 0.6) is 0 Å². The quantitative estimate of drug-likeness (QED) is 0.199. The molecule has 0 aliphatic heterocycles. The highest BCUT2D eigenvalue weighted by molar-refractivity contribution is 7.92. The molecule has 0 aliphatic rings. The highest BCUT2D eigenvalue weighted by Gasteiger charge is 2.14. The number of anilines is 3.